The molecule has 0 spiro atoms. The zero-order valence-corrected chi connectivity index (χ0v) is 6.63. The van der Waals surface area contributed by atoms with Crippen molar-refractivity contribution < 1.29 is 14.6 Å². The predicted octanol–water partition coefficient (Wildman–Crippen LogP) is 0.566. The fourth-order valence-electron chi connectivity index (χ4n) is 0.517. The van der Waals surface area contributed by atoms with Crippen LogP contribution in [0.5, 0.6) is 0 Å². The molecule has 0 aromatic heterocycles. The predicted molar refractivity (Wildman–Crippen MR) is 37.5 cm³/mol. The van der Waals surface area contributed by atoms with E-state index in [2.05, 4.69) is 4.74 Å². The standard InChI is InChI=1S/C7H14O3/c1-5(6(2)8)4-7(9)10-3/h5-6,8H,4H2,1-3H3. The molecule has 0 heterocycles. The lowest BCUT2D eigenvalue weighted by atomic mass is 10.0. The van der Waals surface area contributed by atoms with E-state index in [0.717, 1.165) is 0 Å². The highest BCUT2D eigenvalue weighted by Gasteiger charge is 2.13. The Balaban J connectivity index is 3.57. The van der Waals surface area contributed by atoms with Gasteiger partial charge in [0.1, 0.15) is 0 Å². The highest BCUT2D eigenvalue weighted by Crippen LogP contribution is 2.07. The van der Waals surface area contributed by atoms with E-state index in [1.54, 1.807) is 6.92 Å². The zero-order chi connectivity index (χ0) is 8.15. The van der Waals surface area contributed by atoms with E-state index in [4.69, 9.17) is 5.11 Å². The number of carbonyl (C=O) groups excluding carboxylic acids is 1. The maximum atomic E-state index is 10.6. The lowest BCUT2D eigenvalue weighted by Crippen LogP contribution is -2.17. The van der Waals surface area contributed by atoms with Crippen LogP contribution in [-0.4, -0.2) is 24.3 Å². The van der Waals surface area contributed by atoms with E-state index in [0.29, 0.717) is 0 Å². The van der Waals surface area contributed by atoms with Crippen molar-refractivity contribution in [2.45, 2.75) is 26.4 Å². The number of aliphatic hydroxyl groups excluding tert-OH is 1. The van der Waals surface area contributed by atoms with Gasteiger partial charge in [0.15, 0.2) is 0 Å². The summed E-state index contributed by atoms with van der Waals surface area (Å²) in [5.41, 5.74) is 0. The Hall–Kier alpha value is -0.570. The molecule has 0 radical (unpaired) electrons. The van der Waals surface area contributed by atoms with Crippen LogP contribution in [0.3, 0.4) is 0 Å². The molecule has 2 unspecified atom stereocenters. The number of hydrogen-bond acceptors (Lipinski definition) is 3. The number of hydrogen-bond donors (Lipinski definition) is 1. The van der Waals surface area contributed by atoms with Gasteiger partial charge in [-0.2, -0.15) is 0 Å². The summed E-state index contributed by atoms with van der Waals surface area (Å²) in [6.45, 7) is 3.47. The molecule has 0 rings (SSSR count). The number of ether oxygens (including phenoxy) is 1. The molecule has 1 N–H and O–H groups in total. The Morgan fingerprint density at radius 1 is 1.60 bits per heavy atom. The van der Waals surface area contributed by atoms with Gasteiger partial charge in [-0.3, -0.25) is 4.79 Å². The zero-order valence-electron chi connectivity index (χ0n) is 6.63. The van der Waals surface area contributed by atoms with Gasteiger partial charge in [-0.1, -0.05) is 6.92 Å². The van der Waals surface area contributed by atoms with Gasteiger partial charge in [0.2, 0.25) is 0 Å². The summed E-state index contributed by atoms with van der Waals surface area (Å²) >= 11 is 0. The smallest absolute Gasteiger partial charge is 0.305 e. The molecular formula is C7H14O3. The maximum absolute atomic E-state index is 10.6. The average molecular weight is 146 g/mol. The fraction of sp³-hybridized carbons (Fsp3) is 0.857. The first-order chi connectivity index (χ1) is 4.57. The molecule has 0 aliphatic heterocycles. The van der Waals surface area contributed by atoms with Gasteiger partial charge in [0.25, 0.3) is 0 Å². The first-order valence-corrected chi connectivity index (χ1v) is 3.32. The Kier molecular flexibility index (Phi) is 4.03. The van der Waals surface area contributed by atoms with Crippen molar-refractivity contribution >= 4 is 5.97 Å². The quantitative estimate of drug-likeness (QED) is 0.592. The molecule has 0 aliphatic carbocycles. The minimum absolute atomic E-state index is 0.0209. The second-order valence-electron chi connectivity index (χ2n) is 2.50. The summed E-state index contributed by atoms with van der Waals surface area (Å²) in [6.07, 6.45) is -0.159. The Bertz CT molecular complexity index is 109. The molecule has 0 aliphatic rings. The summed E-state index contributed by atoms with van der Waals surface area (Å²) in [6, 6.07) is 0. The normalized spacial score (nSPS) is 16.0. The monoisotopic (exact) mass is 146 g/mol. The molecule has 0 bridgehead atoms. The number of rotatable bonds is 3. The van der Waals surface area contributed by atoms with E-state index >= 15 is 0 Å². The Labute approximate surface area is 61.0 Å². The Morgan fingerprint density at radius 2 is 2.10 bits per heavy atom. The van der Waals surface area contributed by atoms with Crippen LogP contribution in [0.2, 0.25) is 0 Å². The summed E-state index contributed by atoms with van der Waals surface area (Å²) in [4.78, 5) is 10.6. The summed E-state index contributed by atoms with van der Waals surface area (Å²) in [7, 11) is 1.34. The van der Waals surface area contributed by atoms with E-state index in [1.165, 1.54) is 7.11 Å². The maximum Gasteiger partial charge on any atom is 0.305 e. The molecule has 0 aromatic carbocycles. The van der Waals surface area contributed by atoms with Crippen molar-refractivity contribution in [2.75, 3.05) is 7.11 Å². The lowest BCUT2D eigenvalue weighted by molar-refractivity contribution is -0.142. The molecule has 60 valence electrons. The topological polar surface area (TPSA) is 46.5 Å². The van der Waals surface area contributed by atoms with Crippen LogP contribution in [0.4, 0.5) is 0 Å². The van der Waals surface area contributed by atoms with Gasteiger partial charge in [-0.25, -0.2) is 0 Å². The Morgan fingerprint density at radius 3 is 2.40 bits per heavy atom. The number of methoxy groups -OCH3 is 1. The number of aliphatic hydroxyl groups is 1. The van der Waals surface area contributed by atoms with Crippen LogP contribution >= 0.6 is 0 Å². The van der Waals surface area contributed by atoms with E-state index in [-0.39, 0.29) is 18.3 Å². The van der Waals surface area contributed by atoms with Crippen LogP contribution in [0.25, 0.3) is 0 Å². The second-order valence-corrected chi connectivity index (χ2v) is 2.50. The molecular weight excluding hydrogens is 132 g/mol. The molecule has 2 atom stereocenters. The first-order valence-electron chi connectivity index (χ1n) is 3.32. The number of carbonyl (C=O) groups is 1. The molecule has 0 saturated heterocycles. The van der Waals surface area contributed by atoms with Gasteiger partial charge < -0.3 is 9.84 Å². The highest BCUT2D eigenvalue weighted by molar-refractivity contribution is 5.69. The highest BCUT2D eigenvalue weighted by atomic mass is 16.5. The van der Waals surface area contributed by atoms with Gasteiger partial charge in [0, 0.05) is 0 Å². The van der Waals surface area contributed by atoms with Gasteiger partial charge in [-0.15, -0.1) is 0 Å². The first kappa shape index (κ1) is 9.43. The summed E-state index contributed by atoms with van der Waals surface area (Å²) in [5, 5.41) is 8.96. The average Bonchev–Trinajstić information content (AvgIpc) is 1.87. The van der Waals surface area contributed by atoms with Crippen LogP contribution in [0.15, 0.2) is 0 Å². The van der Waals surface area contributed by atoms with Crippen LogP contribution < -0.4 is 0 Å². The molecule has 0 fully saturated rings. The third-order valence-electron chi connectivity index (χ3n) is 1.54. The third-order valence-corrected chi connectivity index (χ3v) is 1.54. The molecule has 0 saturated carbocycles. The minimum Gasteiger partial charge on any atom is -0.469 e. The van der Waals surface area contributed by atoms with Gasteiger partial charge in [-0.05, 0) is 12.8 Å². The largest absolute Gasteiger partial charge is 0.469 e. The lowest BCUT2D eigenvalue weighted by Gasteiger charge is -2.11. The van der Waals surface area contributed by atoms with Crippen LogP contribution in [-0.2, 0) is 9.53 Å². The van der Waals surface area contributed by atoms with Crippen molar-refractivity contribution in [3.63, 3.8) is 0 Å². The van der Waals surface area contributed by atoms with Crippen molar-refractivity contribution in [1.82, 2.24) is 0 Å². The fourth-order valence-corrected chi connectivity index (χ4v) is 0.517. The van der Waals surface area contributed by atoms with Gasteiger partial charge >= 0.3 is 5.97 Å². The van der Waals surface area contributed by atoms with Crippen LogP contribution in [0.1, 0.15) is 20.3 Å². The van der Waals surface area contributed by atoms with Crippen molar-refractivity contribution in [3.8, 4) is 0 Å². The molecule has 0 amide bonds. The van der Waals surface area contributed by atoms with E-state index in [9.17, 15) is 4.79 Å². The van der Waals surface area contributed by atoms with E-state index < -0.39 is 6.10 Å². The molecule has 10 heavy (non-hydrogen) atoms. The molecule has 3 heteroatoms. The molecule has 3 nitrogen and oxygen atoms in total. The minimum atomic E-state index is -0.445. The molecule has 0 aromatic rings. The third kappa shape index (κ3) is 3.45. The summed E-state index contributed by atoms with van der Waals surface area (Å²) < 4.78 is 4.42. The van der Waals surface area contributed by atoms with E-state index in [1.807, 2.05) is 6.92 Å². The van der Waals surface area contributed by atoms with Crippen molar-refractivity contribution in [1.29, 1.82) is 0 Å². The summed E-state index contributed by atoms with van der Waals surface area (Å²) in [5.74, 6) is -0.291. The van der Waals surface area contributed by atoms with Crippen molar-refractivity contribution in [2.24, 2.45) is 5.92 Å². The SMILES string of the molecule is COC(=O)CC(C)C(C)O. The van der Waals surface area contributed by atoms with Gasteiger partial charge in [0.05, 0.1) is 19.6 Å². The second kappa shape index (κ2) is 4.28. The van der Waals surface area contributed by atoms with Crippen molar-refractivity contribution in [3.05, 3.63) is 0 Å². The number of esters is 1. The van der Waals surface area contributed by atoms with Crippen LogP contribution in [0, 0.1) is 5.92 Å².